The quantitative estimate of drug-likeness (QED) is 0.414. The highest BCUT2D eigenvalue weighted by Gasteiger charge is 2.70. The van der Waals surface area contributed by atoms with E-state index in [0.29, 0.717) is 6.07 Å². The molecule has 0 spiro atoms. The molecule has 13 heteroatoms. The molecule has 160 valence electrons. The van der Waals surface area contributed by atoms with E-state index in [1.54, 1.807) is 0 Å². The van der Waals surface area contributed by atoms with E-state index in [2.05, 4.69) is 4.74 Å². The third kappa shape index (κ3) is 4.62. The first kappa shape index (κ1) is 22.9. The lowest BCUT2D eigenvalue weighted by atomic mass is 9.99. The molecule has 0 bridgehead atoms. The van der Waals surface area contributed by atoms with E-state index in [1.165, 1.54) is 24.3 Å². The SMILES string of the molecule is O=C(OCCC(O)(C(F)(F)F)C(F)(F)F)c1cc(S(=O)(=O)O)c2ccccc2c1. The van der Waals surface area contributed by atoms with Gasteiger partial charge in [0.1, 0.15) is 4.90 Å². The molecule has 2 aromatic rings. The Morgan fingerprint density at radius 3 is 2.07 bits per heavy atom. The number of carbonyl (C=O) groups is 1. The van der Waals surface area contributed by atoms with Gasteiger partial charge in [0.05, 0.1) is 12.2 Å². The van der Waals surface area contributed by atoms with Gasteiger partial charge < -0.3 is 9.84 Å². The van der Waals surface area contributed by atoms with Crippen LogP contribution in [0.1, 0.15) is 16.8 Å². The van der Waals surface area contributed by atoms with Crippen molar-refractivity contribution in [3.8, 4) is 0 Å². The van der Waals surface area contributed by atoms with Gasteiger partial charge in [-0.3, -0.25) is 4.55 Å². The molecule has 6 nitrogen and oxygen atoms in total. The molecule has 0 fully saturated rings. The lowest BCUT2D eigenvalue weighted by Gasteiger charge is -2.31. The van der Waals surface area contributed by atoms with Crippen LogP contribution in [0.4, 0.5) is 26.3 Å². The van der Waals surface area contributed by atoms with Gasteiger partial charge in [-0.15, -0.1) is 0 Å². The molecule has 2 N–H and O–H groups in total. The van der Waals surface area contributed by atoms with Gasteiger partial charge >= 0.3 is 18.3 Å². The maximum absolute atomic E-state index is 12.6. The second kappa shape index (κ2) is 7.46. The molecule has 0 saturated heterocycles. The average Bonchev–Trinajstić information content (AvgIpc) is 2.57. The van der Waals surface area contributed by atoms with Crippen molar-refractivity contribution < 1.29 is 54.0 Å². The number of benzene rings is 2. The van der Waals surface area contributed by atoms with Gasteiger partial charge in [0.2, 0.25) is 0 Å². The molecule has 0 aliphatic carbocycles. The highest BCUT2D eigenvalue weighted by molar-refractivity contribution is 7.86. The Labute approximate surface area is 159 Å². The lowest BCUT2D eigenvalue weighted by molar-refractivity contribution is -0.371. The zero-order valence-electron chi connectivity index (χ0n) is 14.1. The first-order valence-corrected chi connectivity index (χ1v) is 9.05. The summed E-state index contributed by atoms with van der Waals surface area (Å²) in [6, 6.07) is 7.29. The molecule has 0 atom stereocenters. The number of hydrogen-bond acceptors (Lipinski definition) is 5. The largest absolute Gasteiger partial charge is 0.462 e. The van der Waals surface area contributed by atoms with Gasteiger partial charge in [-0.1, -0.05) is 24.3 Å². The van der Waals surface area contributed by atoms with Crippen molar-refractivity contribution in [3.63, 3.8) is 0 Å². The zero-order valence-corrected chi connectivity index (χ0v) is 14.9. The predicted molar refractivity (Wildman–Crippen MR) is 85.7 cm³/mol. The van der Waals surface area contributed by atoms with Crippen molar-refractivity contribution >= 4 is 26.9 Å². The number of halogens is 6. The monoisotopic (exact) mass is 446 g/mol. The van der Waals surface area contributed by atoms with Crippen LogP contribution in [0.15, 0.2) is 41.3 Å². The highest BCUT2D eigenvalue weighted by Crippen LogP contribution is 2.45. The Hall–Kier alpha value is -2.38. The molecular formula is C16H12F6O6S. The number of carbonyl (C=O) groups excluding carboxylic acids is 1. The fraction of sp³-hybridized carbons (Fsp3) is 0.312. The summed E-state index contributed by atoms with van der Waals surface area (Å²) in [5.41, 5.74) is -5.64. The molecular weight excluding hydrogens is 434 g/mol. The number of fused-ring (bicyclic) bond motifs is 1. The minimum atomic E-state index is -6.07. The molecule has 0 amide bonds. The van der Waals surface area contributed by atoms with Crippen molar-refractivity contribution in [2.45, 2.75) is 29.3 Å². The van der Waals surface area contributed by atoms with Crippen LogP contribution in [0.2, 0.25) is 0 Å². The zero-order chi connectivity index (χ0) is 22.3. The standard InChI is InChI=1S/C16H12F6O6S/c17-15(18,19)14(24,16(20,21)22)5-6-28-13(23)10-7-9-3-1-2-4-11(9)12(8-10)29(25,26)27/h1-4,7-8,24H,5-6H2,(H,25,26,27). The number of ether oxygens (including phenoxy) is 1. The van der Waals surface area contributed by atoms with Gasteiger partial charge in [0.25, 0.3) is 15.7 Å². The van der Waals surface area contributed by atoms with Crippen LogP contribution >= 0.6 is 0 Å². The average molecular weight is 446 g/mol. The van der Waals surface area contributed by atoms with Gasteiger partial charge in [0, 0.05) is 11.8 Å². The Bertz CT molecular complexity index is 1010. The second-order valence-electron chi connectivity index (χ2n) is 5.91. The molecule has 0 aromatic heterocycles. The maximum atomic E-state index is 12.6. The topological polar surface area (TPSA) is 101 Å². The fourth-order valence-corrected chi connectivity index (χ4v) is 3.17. The minimum absolute atomic E-state index is 0.0232. The first-order valence-electron chi connectivity index (χ1n) is 7.61. The predicted octanol–water partition coefficient (Wildman–Crippen LogP) is 3.49. The summed E-state index contributed by atoms with van der Waals surface area (Å²) in [6.45, 7) is -1.47. The molecule has 0 aliphatic rings. The van der Waals surface area contributed by atoms with E-state index in [1.807, 2.05) is 0 Å². The molecule has 0 aliphatic heterocycles. The van der Waals surface area contributed by atoms with Gasteiger partial charge in [-0.25, -0.2) is 4.79 Å². The van der Waals surface area contributed by atoms with Crippen molar-refractivity contribution in [2.75, 3.05) is 6.61 Å². The van der Waals surface area contributed by atoms with Gasteiger partial charge in [-0.2, -0.15) is 34.8 Å². The van der Waals surface area contributed by atoms with Crippen LogP contribution < -0.4 is 0 Å². The number of hydrogen-bond donors (Lipinski definition) is 2. The molecule has 29 heavy (non-hydrogen) atoms. The smallest absolute Gasteiger partial charge is 0.426 e. The number of esters is 1. The van der Waals surface area contributed by atoms with Gasteiger partial charge in [0.15, 0.2) is 0 Å². The fourth-order valence-electron chi connectivity index (χ4n) is 2.43. The van der Waals surface area contributed by atoms with Crippen LogP contribution in [0, 0.1) is 0 Å². The Morgan fingerprint density at radius 2 is 1.55 bits per heavy atom. The van der Waals surface area contributed by atoms with E-state index in [4.69, 9.17) is 5.11 Å². The van der Waals surface area contributed by atoms with E-state index in [9.17, 15) is 44.1 Å². The van der Waals surface area contributed by atoms with Crippen LogP contribution in [0.3, 0.4) is 0 Å². The molecule has 0 saturated carbocycles. The third-order valence-electron chi connectivity index (χ3n) is 3.97. The van der Waals surface area contributed by atoms with Crippen LogP contribution in [0.25, 0.3) is 10.8 Å². The second-order valence-corrected chi connectivity index (χ2v) is 7.30. The van der Waals surface area contributed by atoms with Crippen LogP contribution in [0.5, 0.6) is 0 Å². The Morgan fingerprint density at radius 1 is 1.00 bits per heavy atom. The summed E-state index contributed by atoms with van der Waals surface area (Å²) in [5.74, 6) is -1.45. The van der Waals surface area contributed by atoms with Crippen LogP contribution in [-0.4, -0.2) is 48.6 Å². The van der Waals surface area contributed by atoms with Crippen molar-refractivity contribution in [2.24, 2.45) is 0 Å². The molecule has 0 unspecified atom stereocenters. The molecule has 0 heterocycles. The Kier molecular flexibility index (Phi) is 5.89. The molecule has 2 rings (SSSR count). The Balaban J connectivity index is 2.29. The summed E-state index contributed by atoms with van der Waals surface area (Å²) in [6.07, 6.45) is -14.2. The summed E-state index contributed by atoms with van der Waals surface area (Å²) in [7, 11) is -4.81. The highest BCUT2D eigenvalue weighted by atomic mass is 32.2. The molecule has 0 radical (unpaired) electrons. The van der Waals surface area contributed by atoms with Crippen molar-refractivity contribution in [1.29, 1.82) is 0 Å². The minimum Gasteiger partial charge on any atom is -0.462 e. The van der Waals surface area contributed by atoms with Crippen molar-refractivity contribution in [1.82, 2.24) is 0 Å². The van der Waals surface area contributed by atoms with E-state index in [-0.39, 0.29) is 10.8 Å². The summed E-state index contributed by atoms with van der Waals surface area (Å²) in [5, 5.41) is 9.17. The number of rotatable bonds is 5. The summed E-state index contributed by atoms with van der Waals surface area (Å²) < 4.78 is 112. The van der Waals surface area contributed by atoms with Gasteiger partial charge in [-0.05, 0) is 17.5 Å². The normalized spacial score (nSPS) is 13.5. The first-order chi connectivity index (χ1) is 13.1. The number of alkyl halides is 6. The molecule has 2 aromatic carbocycles. The summed E-state index contributed by atoms with van der Waals surface area (Å²) >= 11 is 0. The number of aliphatic hydroxyl groups is 1. The van der Waals surface area contributed by atoms with Crippen LogP contribution in [-0.2, 0) is 14.9 Å². The van der Waals surface area contributed by atoms with E-state index < -0.39 is 57.5 Å². The third-order valence-corrected chi connectivity index (χ3v) is 4.87. The lowest BCUT2D eigenvalue weighted by Crippen LogP contribution is -2.57. The maximum Gasteiger partial charge on any atom is 0.426 e. The van der Waals surface area contributed by atoms with E-state index in [0.717, 1.165) is 6.07 Å². The summed E-state index contributed by atoms with van der Waals surface area (Å²) in [4.78, 5) is 11.3. The van der Waals surface area contributed by atoms with Crippen molar-refractivity contribution in [3.05, 3.63) is 42.0 Å². The van der Waals surface area contributed by atoms with E-state index >= 15 is 0 Å².